The Morgan fingerprint density at radius 3 is 2.64 bits per heavy atom. The van der Waals surface area contributed by atoms with Gasteiger partial charge in [0.05, 0.1) is 24.0 Å². The predicted molar refractivity (Wildman–Crippen MR) is 105 cm³/mol. The first-order valence-corrected chi connectivity index (χ1v) is 9.20. The minimum absolute atomic E-state index is 0.178. The van der Waals surface area contributed by atoms with Crippen LogP contribution in [0.3, 0.4) is 0 Å². The first-order valence-electron chi connectivity index (χ1n) is 9.20. The second-order valence-electron chi connectivity index (χ2n) is 7.78. The molecule has 0 aliphatic rings. The van der Waals surface area contributed by atoms with Gasteiger partial charge in [0.15, 0.2) is 5.82 Å². The van der Waals surface area contributed by atoms with E-state index in [-0.39, 0.29) is 24.0 Å². The Balaban J connectivity index is 1.60. The Labute approximate surface area is 164 Å². The summed E-state index contributed by atoms with van der Waals surface area (Å²) in [7, 11) is 1.73. The molecule has 2 heterocycles. The van der Waals surface area contributed by atoms with Crippen molar-refractivity contribution in [1.82, 2.24) is 30.6 Å². The van der Waals surface area contributed by atoms with Crippen LogP contribution in [0.2, 0.25) is 0 Å². The van der Waals surface area contributed by atoms with E-state index in [1.54, 1.807) is 11.9 Å². The zero-order valence-corrected chi connectivity index (χ0v) is 16.9. The lowest BCUT2D eigenvalue weighted by Crippen LogP contribution is -2.38. The van der Waals surface area contributed by atoms with Crippen molar-refractivity contribution in [2.75, 3.05) is 7.05 Å². The summed E-state index contributed by atoms with van der Waals surface area (Å²) in [5, 5.41) is 14.1. The van der Waals surface area contributed by atoms with Gasteiger partial charge in [-0.3, -0.25) is 5.10 Å². The molecule has 0 fully saturated rings. The number of H-pyrrole nitrogens is 1. The molecule has 0 spiro atoms. The number of nitrogens with one attached hydrogen (secondary N) is 2. The summed E-state index contributed by atoms with van der Waals surface area (Å²) in [6.45, 7) is 8.13. The van der Waals surface area contributed by atoms with Gasteiger partial charge < -0.3 is 14.7 Å². The van der Waals surface area contributed by atoms with Crippen molar-refractivity contribution >= 4 is 6.03 Å². The standard InChI is InChI=1S/C20H26N6O2/c1-13(15-11-16(24-23-15)14-9-7-6-8-10-14)26(5)19(27)21-12-17-22-18(25-28-17)20(2,3)4/h6-11,13H,12H2,1-5H3,(H,21,27)(H,23,24)/t13-/m0/s1. The normalized spacial score (nSPS) is 12.6. The van der Waals surface area contributed by atoms with Gasteiger partial charge in [-0.15, -0.1) is 0 Å². The molecule has 0 bridgehead atoms. The number of rotatable bonds is 5. The van der Waals surface area contributed by atoms with E-state index in [1.807, 2.05) is 64.1 Å². The van der Waals surface area contributed by atoms with Gasteiger partial charge in [-0.1, -0.05) is 56.3 Å². The SMILES string of the molecule is C[C@@H](c1cc(-c2ccccc2)n[nH]1)N(C)C(=O)NCc1nc(C(C)(C)C)no1. The molecule has 0 unspecified atom stereocenters. The van der Waals surface area contributed by atoms with Crippen LogP contribution in [-0.4, -0.2) is 38.3 Å². The van der Waals surface area contributed by atoms with Crippen LogP contribution >= 0.6 is 0 Å². The van der Waals surface area contributed by atoms with Gasteiger partial charge in [0.2, 0.25) is 5.89 Å². The van der Waals surface area contributed by atoms with Crippen molar-refractivity contribution in [3.05, 3.63) is 53.8 Å². The topological polar surface area (TPSA) is 99.9 Å². The lowest BCUT2D eigenvalue weighted by Gasteiger charge is -2.23. The van der Waals surface area contributed by atoms with Crippen molar-refractivity contribution in [1.29, 1.82) is 0 Å². The number of amides is 2. The predicted octanol–water partition coefficient (Wildman–Crippen LogP) is 3.66. The fraction of sp³-hybridized carbons (Fsp3) is 0.400. The van der Waals surface area contributed by atoms with Gasteiger partial charge in [-0.2, -0.15) is 10.1 Å². The van der Waals surface area contributed by atoms with Gasteiger partial charge in [0.1, 0.15) is 0 Å². The molecule has 8 heteroatoms. The van der Waals surface area contributed by atoms with Gasteiger partial charge in [-0.25, -0.2) is 4.79 Å². The maximum Gasteiger partial charge on any atom is 0.318 e. The summed E-state index contributed by atoms with van der Waals surface area (Å²) in [4.78, 5) is 18.4. The van der Waals surface area contributed by atoms with Gasteiger partial charge in [-0.05, 0) is 13.0 Å². The van der Waals surface area contributed by atoms with Gasteiger partial charge in [0.25, 0.3) is 0 Å². The minimum atomic E-state index is -0.237. The lowest BCUT2D eigenvalue weighted by atomic mass is 9.96. The van der Waals surface area contributed by atoms with E-state index in [2.05, 4.69) is 25.7 Å². The second-order valence-corrected chi connectivity index (χ2v) is 7.78. The fourth-order valence-corrected chi connectivity index (χ4v) is 2.60. The quantitative estimate of drug-likeness (QED) is 0.701. The monoisotopic (exact) mass is 382 g/mol. The highest BCUT2D eigenvalue weighted by atomic mass is 16.5. The molecule has 1 atom stereocenters. The molecule has 2 aromatic heterocycles. The number of nitrogens with zero attached hydrogens (tertiary/aromatic N) is 4. The van der Waals surface area contributed by atoms with Crippen LogP contribution < -0.4 is 5.32 Å². The Hall–Kier alpha value is -3.16. The summed E-state index contributed by atoms with van der Waals surface area (Å²) >= 11 is 0. The molecule has 0 aliphatic heterocycles. The molecule has 0 saturated heterocycles. The molecular formula is C20H26N6O2. The number of carbonyl (C=O) groups excluding carboxylic acids is 1. The Kier molecular flexibility index (Phi) is 5.48. The number of benzene rings is 1. The molecule has 0 radical (unpaired) electrons. The van der Waals surface area contributed by atoms with Crippen LogP contribution in [0.25, 0.3) is 11.3 Å². The molecule has 0 saturated carbocycles. The van der Waals surface area contributed by atoms with E-state index in [1.165, 1.54) is 0 Å². The number of aromatic amines is 1. The first kappa shape index (κ1) is 19.6. The van der Waals surface area contributed by atoms with Crippen LogP contribution in [0.15, 0.2) is 40.9 Å². The Morgan fingerprint density at radius 1 is 1.29 bits per heavy atom. The third-order valence-electron chi connectivity index (χ3n) is 4.55. The molecule has 28 heavy (non-hydrogen) atoms. The molecule has 3 rings (SSSR count). The third-order valence-corrected chi connectivity index (χ3v) is 4.55. The molecule has 2 amide bonds. The van der Waals surface area contributed by atoms with E-state index in [0.29, 0.717) is 11.7 Å². The van der Waals surface area contributed by atoms with Crippen LogP contribution in [0.4, 0.5) is 4.79 Å². The van der Waals surface area contributed by atoms with Crippen molar-refractivity contribution < 1.29 is 9.32 Å². The van der Waals surface area contributed by atoms with Crippen LogP contribution in [0, 0.1) is 0 Å². The van der Waals surface area contributed by atoms with Crippen molar-refractivity contribution in [3.8, 4) is 11.3 Å². The maximum absolute atomic E-state index is 12.5. The number of urea groups is 1. The van der Waals surface area contributed by atoms with E-state index >= 15 is 0 Å². The molecule has 148 valence electrons. The summed E-state index contributed by atoms with van der Waals surface area (Å²) in [5.41, 5.74) is 2.52. The summed E-state index contributed by atoms with van der Waals surface area (Å²) in [5.74, 6) is 0.997. The highest BCUT2D eigenvalue weighted by Crippen LogP contribution is 2.23. The zero-order chi connectivity index (χ0) is 20.3. The van der Waals surface area contributed by atoms with E-state index in [0.717, 1.165) is 17.0 Å². The fourth-order valence-electron chi connectivity index (χ4n) is 2.60. The minimum Gasteiger partial charge on any atom is -0.337 e. The third kappa shape index (κ3) is 4.39. The van der Waals surface area contributed by atoms with Gasteiger partial charge >= 0.3 is 6.03 Å². The van der Waals surface area contributed by atoms with Crippen LogP contribution in [0.1, 0.15) is 51.1 Å². The summed E-state index contributed by atoms with van der Waals surface area (Å²) < 4.78 is 5.21. The van der Waals surface area contributed by atoms with E-state index < -0.39 is 0 Å². The van der Waals surface area contributed by atoms with Crippen LogP contribution in [0.5, 0.6) is 0 Å². The maximum atomic E-state index is 12.5. The second kappa shape index (κ2) is 7.84. The van der Waals surface area contributed by atoms with Crippen molar-refractivity contribution in [2.45, 2.75) is 45.7 Å². The molecule has 8 nitrogen and oxygen atoms in total. The number of hydrogen-bond acceptors (Lipinski definition) is 5. The number of aromatic nitrogens is 4. The first-order chi connectivity index (χ1) is 13.3. The molecular weight excluding hydrogens is 356 g/mol. The van der Waals surface area contributed by atoms with Gasteiger partial charge in [0, 0.05) is 18.0 Å². The number of hydrogen-bond donors (Lipinski definition) is 2. The Bertz CT molecular complexity index is 926. The van der Waals surface area contributed by atoms with Crippen LogP contribution in [-0.2, 0) is 12.0 Å². The molecule has 2 N–H and O–H groups in total. The van der Waals surface area contributed by atoms with E-state index in [4.69, 9.17) is 4.52 Å². The average Bonchev–Trinajstić information content (AvgIpc) is 3.35. The van der Waals surface area contributed by atoms with E-state index in [9.17, 15) is 4.79 Å². The average molecular weight is 382 g/mol. The largest absolute Gasteiger partial charge is 0.337 e. The lowest BCUT2D eigenvalue weighted by molar-refractivity contribution is 0.191. The zero-order valence-electron chi connectivity index (χ0n) is 16.9. The van der Waals surface area contributed by atoms with Crippen molar-refractivity contribution in [3.63, 3.8) is 0 Å². The smallest absolute Gasteiger partial charge is 0.318 e. The summed E-state index contributed by atoms with van der Waals surface area (Å²) in [6.07, 6.45) is 0. The molecule has 0 aliphatic carbocycles. The highest BCUT2D eigenvalue weighted by molar-refractivity contribution is 5.74. The molecule has 1 aromatic carbocycles. The molecule has 3 aromatic rings. The Morgan fingerprint density at radius 2 is 2.00 bits per heavy atom. The van der Waals surface area contributed by atoms with Crippen molar-refractivity contribution in [2.24, 2.45) is 0 Å². The summed E-state index contributed by atoms with van der Waals surface area (Å²) in [6, 6.07) is 11.4. The highest BCUT2D eigenvalue weighted by Gasteiger charge is 2.23. The number of carbonyl (C=O) groups is 1.